The van der Waals surface area contributed by atoms with Crippen molar-refractivity contribution in [1.82, 2.24) is 0 Å². The molecule has 0 radical (unpaired) electrons. The van der Waals surface area contributed by atoms with Crippen LogP contribution >= 0.6 is 0 Å². The second kappa shape index (κ2) is 5.16. The number of ether oxygens (including phenoxy) is 1. The van der Waals surface area contributed by atoms with Crippen molar-refractivity contribution in [2.75, 3.05) is 7.11 Å². The van der Waals surface area contributed by atoms with E-state index >= 15 is 0 Å². The highest BCUT2D eigenvalue weighted by Gasteiger charge is 2.60. The Bertz CT molecular complexity index is 553. The van der Waals surface area contributed by atoms with E-state index < -0.39 is 6.10 Å². The zero-order valence-corrected chi connectivity index (χ0v) is 14.7. The lowest BCUT2D eigenvalue weighted by Gasteiger charge is -2.57. The summed E-state index contributed by atoms with van der Waals surface area (Å²) in [6.07, 6.45) is 9.41. The molecule has 128 valence electrons. The number of allylic oxidation sites excluding steroid dienone is 1. The molecule has 0 amide bonds. The molecule has 4 aliphatic carbocycles. The van der Waals surface area contributed by atoms with Crippen LogP contribution < -0.4 is 0 Å². The summed E-state index contributed by atoms with van der Waals surface area (Å²) in [5.41, 5.74) is 1.71. The second-order valence-electron chi connectivity index (χ2n) is 8.98. The van der Waals surface area contributed by atoms with Gasteiger partial charge in [-0.15, -0.1) is 0 Å². The van der Waals surface area contributed by atoms with Crippen molar-refractivity contribution >= 4 is 5.78 Å². The number of carbonyl (C=O) groups excluding carboxylic acids is 1. The van der Waals surface area contributed by atoms with Gasteiger partial charge in [-0.2, -0.15) is 0 Å². The lowest BCUT2D eigenvalue weighted by Crippen LogP contribution is -2.51. The highest BCUT2D eigenvalue weighted by molar-refractivity contribution is 5.86. The van der Waals surface area contributed by atoms with Gasteiger partial charge in [0.05, 0.1) is 6.10 Å². The third kappa shape index (κ3) is 2.05. The van der Waals surface area contributed by atoms with Crippen LogP contribution in [-0.2, 0) is 9.53 Å². The smallest absolute Gasteiger partial charge is 0.162 e. The van der Waals surface area contributed by atoms with Gasteiger partial charge in [0.2, 0.25) is 0 Å². The third-order valence-electron chi connectivity index (χ3n) is 8.18. The fourth-order valence-electron chi connectivity index (χ4n) is 6.60. The number of fused-ring (bicyclic) bond motifs is 5. The zero-order valence-electron chi connectivity index (χ0n) is 14.7. The van der Waals surface area contributed by atoms with Crippen molar-refractivity contribution in [3.63, 3.8) is 0 Å². The molecule has 3 fully saturated rings. The monoisotopic (exact) mass is 318 g/mol. The van der Waals surface area contributed by atoms with Gasteiger partial charge in [0, 0.05) is 18.9 Å². The molecule has 4 rings (SSSR count). The van der Waals surface area contributed by atoms with Crippen LogP contribution in [0.15, 0.2) is 11.6 Å². The first kappa shape index (κ1) is 15.8. The van der Waals surface area contributed by atoms with Crippen LogP contribution in [0.3, 0.4) is 0 Å². The SMILES string of the molecule is CO[C@@H]1CC[C@@]2(C)C(=CC[C@H]3[C@@H]4CC(=O)[C@H](O)[C@@]4(C)CC[C@@H]32)C1. The van der Waals surface area contributed by atoms with E-state index in [0.29, 0.717) is 30.3 Å². The average Bonchev–Trinajstić information content (AvgIpc) is 2.78. The van der Waals surface area contributed by atoms with Crippen molar-refractivity contribution in [3.8, 4) is 0 Å². The third-order valence-corrected chi connectivity index (χ3v) is 8.18. The van der Waals surface area contributed by atoms with E-state index in [-0.39, 0.29) is 16.6 Å². The molecule has 1 N–H and O–H groups in total. The predicted octanol–water partition coefficient (Wildman–Crippen LogP) is 3.50. The first-order valence-electron chi connectivity index (χ1n) is 9.33. The molecule has 0 spiro atoms. The van der Waals surface area contributed by atoms with E-state index in [0.717, 1.165) is 32.1 Å². The maximum absolute atomic E-state index is 12.2. The Morgan fingerprint density at radius 1 is 1.17 bits per heavy atom. The molecule has 0 aromatic rings. The molecule has 3 nitrogen and oxygen atoms in total. The number of hydrogen-bond acceptors (Lipinski definition) is 3. The lowest BCUT2D eigenvalue weighted by molar-refractivity contribution is -0.128. The van der Waals surface area contributed by atoms with Crippen molar-refractivity contribution in [2.24, 2.45) is 28.6 Å². The predicted molar refractivity (Wildman–Crippen MR) is 88.9 cm³/mol. The minimum Gasteiger partial charge on any atom is -0.385 e. The van der Waals surface area contributed by atoms with Crippen molar-refractivity contribution in [2.45, 2.75) is 71.0 Å². The van der Waals surface area contributed by atoms with Crippen molar-refractivity contribution < 1.29 is 14.6 Å². The molecule has 0 aromatic heterocycles. The molecule has 0 unspecified atom stereocenters. The van der Waals surface area contributed by atoms with E-state index in [9.17, 15) is 9.90 Å². The lowest BCUT2D eigenvalue weighted by atomic mass is 9.48. The highest BCUT2D eigenvalue weighted by atomic mass is 16.5. The van der Waals surface area contributed by atoms with Gasteiger partial charge >= 0.3 is 0 Å². The van der Waals surface area contributed by atoms with Crippen LogP contribution in [-0.4, -0.2) is 30.2 Å². The van der Waals surface area contributed by atoms with Gasteiger partial charge < -0.3 is 9.84 Å². The first-order valence-corrected chi connectivity index (χ1v) is 9.33. The summed E-state index contributed by atoms with van der Waals surface area (Å²) in [4.78, 5) is 12.2. The number of hydrogen-bond donors (Lipinski definition) is 1. The van der Waals surface area contributed by atoms with E-state index in [1.165, 1.54) is 6.42 Å². The Labute approximate surface area is 139 Å². The molecule has 7 atom stereocenters. The number of ketones is 1. The molecule has 0 aliphatic heterocycles. The van der Waals surface area contributed by atoms with Crippen LogP contribution in [0, 0.1) is 28.6 Å². The van der Waals surface area contributed by atoms with Crippen molar-refractivity contribution in [1.29, 1.82) is 0 Å². The number of carbonyl (C=O) groups is 1. The molecule has 3 saturated carbocycles. The van der Waals surface area contributed by atoms with Crippen LogP contribution in [0.4, 0.5) is 0 Å². The van der Waals surface area contributed by atoms with E-state index in [1.807, 2.05) is 7.11 Å². The van der Waals surface area contributed by atoms with E-state index in [1.54, 1.807) is 5.57 Å². The Hall–Kier alpha value is -0.670. The van der Waals surface area contributed by atoms with Gasteiger partial charge in [-0.25, -0.2) is 0 Å². The highest BCUT2D eigenvalue weighted by Crippen LogP contribution is 2.64. The summed E-state index contributed by atoms with van der Waals surface area (Å²) in [6, 6.07) is 0. The topological polar surface area (TPSA) is 46.5 Å². The summed E-state index contributed by atoms with van der Waals surface area (Å²) in [5.74, 6) is 1.71. The molecule has 0 bridgehead atoms. The Morgan fingerprint density at radius 3 is 2.70 bits per heavy atom. The minimum atomic E-state index is -0.726. The summed E-state index contributed by atoms with van der Waals surface area (Å²) in [6.45, 7) is 4.62. The molecule has 23 heavy (non-hydrogen) atoms. The molecule has 0 heterocycles. The number of rotatable bonds is 1. The number of Topliss-reactive ketones (excluding diaryl/α,β-unsaturated/α-hetero) is 1. The van der Waals surface area contributed by atoms with Gasteiger partial charge in [0.25, 0.3) is 0 Å². The van der Waals surface area contributed by atoms with Crippen LogP contribution in [0.5, 0.6) is 0 Å². The zero-order chi connectivity index (χ0) is 16.4. The fraction of sp³-hybridized carbons (Fsp3) is 0.850. The molecule has 0 saturated heterocycles. The van der Waals surface area contributed by atoms with Crippen LogP contribution in [0.2, 0.25) is 0 Å². The standard InChI is InChI=1S/C20H30O3/c1-19-8-6-13(23-3)10-12(19)4-5-14-15(19)7-9-20(2)16(14)11-17(21)18(20)22/h4,13-16,18,22H,5-11H2,1-3H3/t13-,14-,15+,16+,18+,19+,20+/m1/s1. The fourth-order valence-corrected chi connectivity index (χ4v) is 6.60. The number of aliphatic hydroxyl groups is 1. The quantitative estimate of drug-likeness (QED) is 0.753. The molecule has 0 aromatic carbocycles. The molecule has 4 aliphatic rings. The average molecular weight is 318 g/mol. The summed E-state index contributed by atoms with van der Waals surface area (Å²) < 4.78 is 5.62. The van der Waals surface area contributed by atoms with Crippen LogP contribution in [0.1, 0.15) is 58.8 Å². The van der Waals surface area contributed by atoms with Crippen LogP contribution in [0.25, 0.3) is 0 Å². The normalized spacial score (nSPS) is 52.4. The summed E-state index contributed by atoms with van der Waals surface area (Å²) in [7, 11) is 1.83. The molecule has 3 heteroatoms. The summed E-state index contributed by atoms with van der Waals surface area (Å²) >= 11 is 0. The molecular weight excluding hydrogens is 288 g/mol. The summed E-state index contributed by atoms with van der Waals surface area (Å²) in [5, 5.41) is 10.4. The number of methoxy groups -OCH3 is 1. The molecular formula is C20H30O3. The largest absolute Gasteiger partial charge is 0.385 e. The van der Waals surface area contributed by atoms with E-state index in [4.69, 9.17) is 4.74 Å². The van der Waals surface area contributed by atoms with Gasteiger partial charge in [0.1, 0.15) is 6.10 Å². The van der Waals surface area contributed by atoms with Gasteiger partial charge in [-0.3, -0.25) is 4.79 Å². The van der Waals surface area contributed by atoms with Gasteiger partial charge in [-0.1, -0.05) is 25.5 Å². The minimum absolute atomic E-state index is 0.0844. The first-order chi connectivity index (χ1) is 10.9. The van der Waals surface area contributed by atoms with Gasteiger partial charge in [-0.05, 0) is 61.7 Å². The van der Waals surface area contributed by atoms with Crippen molar-refractivity contribution in [3.05, 3.63) is 11.6 Å². The van der Waals surface area contributed by atoms with Gasteiger partial charge in [0.15, 0.2) is 5.78 Å². The van der Waals surface area contributed by atoms with E-state index in [2.05, 4.69) is 19.9 Å². The maximum Gasteiger partial charge on any atom is 0.162 e. The number of aliphatic hydroxyl groups excluding tert-OH is 1. The maximum atomic E-state index is 12.2. The Balaban J connectivity index is 1.66. The second-order valence-corrected chi connectivity index (χ2v) is 8.98. The Kier molecular flexibility index (Phi) is 3.55. The Morgan fingerprint density at radius 2 is 1.96 bits per heavy atom.